The quantitative estimate of drug-likeness (QED) is 0.792. The van der Waals surface area contributed by atoms with Crippen LogP contribution >= 0.6 is 0 Å². The van der Waals surface area contributed by atoms with Gasteiger partial charge < -0.3 is 18.9 Å². The lowest BCUT2D eigenvalue weighted by atomic mass is 9.81. The summed E-state index contributed by atoms with van der Waals surface area (Å²) in [6.07, 6.45) is 5.42. The van der Waals surface area contributed by atoms with E-state index in [1.54, 1.807) is 13.3 Å². The van der Waals surface area contributed by atoms with Crippen LogP contribution in [-0.4, -0.2) is 48.5 Å². The van der Waals surface area contributed by atoms with Gasteiger partial charge >= 0.3 is 7.12 Å². The molecule has 0 aliphatic carbocycles. The minimum atomic E-state index is -0.509. The number of anilines is 1. The first kappa shape index (κ1) is 16.5. The molecule has 2 saturated heterocycles. The van der Waals surface area contributed by atoms with Crippen molar-refractivity contribution in [2.75, 3.05) is 25.1 Å². The lowest BCUT2D eigenvalue weighted by Crippen LogP contribution is -2.41. The zero-order valence-corrected chi connectivity index (χ0v) is 14.8. The third-order valence-electron chi connectivity index (χ3n) is 5.11. The molecule has 0 bridgehead atoms. The Bertz CT molecular complexity index is 558. The first-order chi connectivity index (χ1) is 10.8. The van der Waals surface area contributed by atoms with Crippen molar-refractivity contribution in [3.05, 3.63) is 6.20 Å². The molecule has 7 heteroatoms. The molecule has 0 aromatic carbocycles. The van der Waals surface area contributed by atoms with Crippen molar-refractivity contribution >= 4 is 18.5 Å². The van der Waals surface area contributed by atoms with Crippen molar-refractivity contribution in [1.82, 2.24) is 9.97 Å². The van der Waals surface area contributed by atoms with E-state index in [0.29, 0.717) is 5.88 Å². The maximum Gasteiger partial charge on any atom is 0.502 e. The number of nitrogens with zero attached hydrogens (tertiary/aromatic N) is 3. The van der Waals surface area contributed by atoms with Crippen LogP contribution in [0.2, 0.25) is 0 Å². The molecule has 23 heavy (non-hydrogen) atoms. The van der Waals surface area contributed by atoms with Gasteiger partial charge in [-0.15, -0.1) is 0 Å². The lowest BCUT2D eigenvalue weighted by molar-refractivity contribution is 0.00578. The average molecular weight is 319 g/mol. The normalized spacial score (nSPS) is 23.2. The van der Waals surface area contributed by atoms with Crippen LogP contribution in [0, 0.1) is 0 Å². The molecule has 1 aromatic heterocycles. The summed E-state index contributed by atoms with van der Waals surface area (Å²) in [6, 6.07) is 0. The van der Waals surface area contributed by atoms with Crippen LogP contribution in [0.25, 0.3) is 0 Å². The first-order valence-electron chi connectivity index (χ1n) is 8.35. The molecular weight excluding hydrogens is 293 g/mol. The minimum Gasteiger partial charge on any atom is -0.481 e. The number of ether oxygens (including phenoxy) is 1. The molecule has 0 atom stereocenters. The summed E-state index contributed by atoms with van der Waals surface area (Å²) in [5.41, 5.74) is -0.0467. The van der Waals surface area contributed by atoms with E-state index in [2.05, 4.69) is 14.9 Å². The van der Waals surface area contributed by atoms with Crippen LogP contribution in [0.15, 0.2) is 6.20 Å². The van der Waals surface area contributed by atoms with Crippen LogP contribution in [0.5, 0.6) is 5.88 Å². The number of hydrogen-bond donors (Lipinski definition) is 0. The Morgan fingerprint density at radius 3 is 2.26 bits per heavy atom. The molecule has 6 nitrogen and oxygen atoms in total. The number of piperidine rings is 1. The number of methoxy groups -OCH3 is 1. The SMILES string of the molecule is COc1nc(N2CCCCC2)ncc1B1OC(C)(C)C(C)(C)O1. The molecule has 1 aromatic rings. The minimum absolute atomic E-state index is 0.395. The smallest absolute Gasteiger partial charge is 0.481 e. The summed E-state index contributed by atoms with van der Waals surface area (Å²) in [7, 11) is 1.11. The van der Waals surface area contributed by atoms with Gasteiger partial charge in [-0.1, -0.05) is 0 Å². The summed E-state index contributed by atoms with van der Waals surface area (Å²) < 4.78 is 17.7. The van der Waals surface area contributed by atoms with Gasteiger partial charge in [-0.05, 0) is 47.0 Å². The summed E-state index contributed by atoms with van der Waals surface area (Å²) in [4.78, 5) is 11.3. The second-order valence-electron chi connectivity index (χ2n) is 7.27. The van der Waals surface area contributed by atoms with E-state index in [-0.39, 0.29) is 0 Å². The van der Waals surface area contributed by atoms with Gasteiger partial charge in [0.25, 0.3) is 0 Å². The van der Waals surface area contributed by atoms with Gasteiger partial charge in [0.15, 0.2) is 0 Å². The molecular formula is C16H26BN3O3. The fraction of sp³-hybridized carbons (Fsp3) is 0.750. The molecule has 0 unspecified atom stereocenters. The van der Waals surface area contributed by atoms with E-state index in [4.69, 9.17) is 14.0 Å². The Kier molecular flexibility index (Phi) is 4.27. The summed E-state index contributed by atoms with van der Waals surface area (Å²) >= 11 is 0. The largest absolute Gasteiger partial charge is 0.502 e. The number of hydrogen-bond acceptors (Lipinski definition) is 6. The molecule has 0 radical (unpaired) electrons. The van der Waals surface area contributed by atoms with E-state index in [1.807, 2.05) is 27.7 Å². The Hall–Kier alpha value is -1.34. The van der Waals surface area contributed by atoms with Crippen molar-refractivity contribution in [3.8, 4) is 5.88 Å². The van der Waals surface area contributed by atoms with Crippen molar-refractivity contribution in [2.45, 2.75) is 58.2 Å². The molecule has 0 spiro atoms. The third kappa shape index (κ3) is 3.04. The van der Waals surface area contributed by atoms with Crippen LogP contribution in [0.4, 0.5) is 5.95 Å². The van der Waals surface area contributed by atoms with Gasteiger partial charge in [0.1, 0.15) is 0 Å². The van der Waals surface area contributed by atoms with Gasteiger partial charge in [-0.3, -0.25) is 0 Å². The van der Waals surface area contributed by atoms with E-state index in [1.165, 1.54) is 19.3 Å². The Labute approximate surface area is 138 Å². The van der Waals surface area contributed by atoms with Gasteiger partial charge in [-0.2, -0.15) is 4.98 Å². The molecule has 0 N–H and O–H groups in total. The summed E-state index contributed by atoms with van der Waals surface area (Å²) in [5, 5.41) is 0. The monoisotopic (exact) mass is 319 g/mol. The van der Waals surface area contributed by atoms with E-state index in [0.717, 1.165) is 24.5 Å². The van der Waals surface area contributed by atoms with Crippen LogP contribution in [-0.2, 0) is 9.31 Å². The highest BCUT2D eigenvalue weighted by atomic mass is 16.7. The van der Waals surface area contributed by atoms with Crippen molar-refractivity contribution in [2.24, 2.45) is 0 Å². The Balaban J connectivity index is 1.86. The third-order valence-corrected chi connectivity index (χ3v) is 5.11. The molecule has 0 amide bonds. The van der Waals surface area contributed by atoms with E-state index >= 15 is 0 Å². The van der Waals surface area contributed by atoms with Crippen molar-refractivity contribution in [3.63, 3.8) is 0 Å². The van der Waals surface area contributed by atoms with E-state index < -0.39 is 18.3 Å². The number of aromatic nitrogens is 2. The summed E-state index contributed by atoms with van der Waals surface area (Å²) in [5.74, 6) is 1.25. The first-order valence-corrected chi connectivity index (χ1v) is 8.35. The molecule has 3 rings (SSSR count). The predicted molar refractivity (Wildman–Crippen MR) is 90.4 cm³/mol. The molecule has 0 saturated carbocycles. The summed E-state index contributed by atoms with van der Waals surface area (Å²) in [6.45, 7) is 10.1. The average Bonchev–Trinajstić information content (AvgIpc) is 2.75. The van der Waals surface area contributed by atoms with Crippen LogP contribution < -0.4 is 15.1 Å². The molecule has 3 heterocycles. The van der Waals surface area contributed by atoms with Crippen molar-refractivity contribution < 1.29 is 14.0 Å². The second-order valence-corrected chi connectivity index (χ2v) is 7.27. The topological polar surface area (TPSA) is 56.7 Å². The predicted octanol–water partition coefficient (Wildman–Crippen LogP) is 1.77. The van der Waals surface area contributed by atoms with Crippen LogP contribution in [0.1, 0.15) is 47.0 Å². The molecule has 126 valence electrons. The second kappa shape index (κ2) is 5.94. The van der Waals surface area contributed by atoms with Gasteiger partial charge in [-0.25, -0.2) is 4.98 Å². The zero-order valence-electron chi connectivity index (χ0n) is 14.8. The highest BCUT2D eigenvalue weighted by molar-refractivity contribution is 6.63. The molecule has 2 aliphatic heterocycles. The fourth-order valence-corrected chi connectivity index (χ4v) is 2.91. The van der Waals surface area contributed by atoms with Gasteiger partial charge in [0.05, 0.1) is 23.8 Å². The maximum absolute atomic E-state index is 6.08. The highest BCUT2D eigenvalue weighted by Gasteiger charge is 2.53. The lowest BCUT2D eigenvalue weighted by Gasteiger charge is -2.32. The highest BCUT2D eigenvalue weighted by Crippen LogP contribution is 2.37. The number of rotatable bonds is 3. The van der Waals surface area contributed by atoms with Gasteiger partial charge in [0, 0.05) is 19.3 Å². The zero-order chi connectivity index (χ0) is 16.7. The van der Waals surface area contributed by atoms with Crippen molar-refractivity contribution in [1.29, 1.82) is 0 Å². The maximum atomic E-state index is 6.08. The van der Waals surface area contributed by atoms with E-state index in [9.17, 15) is 0 Å². The Morgan fingerprint density at radius 1 is 1.09 bits per heavy atom. The molecule has 2 aliphatic rings. The molecule has 2 fully saturated rings. The van der Waals surface area contributed by atoms with Crippen LogP contribution in [0.3, 0.4) is 0 Å². The fourth-order valence-electron chi connectivity index (χ4n) is 2.91. The Morgan fingerprint density at radius 2 is 1.70 bits per heavy atom. The van der Waals surface area contributed by atoms with Gasteiger partial charge in [0.2, 0.25) is 11.8 Å². The standard InChI is InChI=1S/C16H26BN3O3/c1-15(2)16(3,4)23-17(22-15)12-11-18-14(19-13(12)21-5)20-9-7-6-8-10-20/h11H,6-10H2,1-5H3.